The van der Waals surface area contributed by atoms with Crippen LogP contribution in [0.2, 0.25) is 0 Å². The number of fused-ring (bicyclic) bond motifs is 3. The van der Waals surface area contributed by atoms with E-state index in [0.717, 1.165) is 59.8 Å². The first kappa shape index (κ1) is 21.9. The number of carbonyl (C=O) groups excluding carboxylic acids is 1. The summed E-state index contributed by atoms with van der Waals surface area (Å²) < 4.78 is 6.11. The van der Waals surface area contributed by atoms with E-state index in [2.05, 4.69) is 34.7 Å². The lowest BCUT2D eigenvalue weighted by Gasteiger charge is -2.08. The number of hydrogen-bond acceptors (Lipinski definition) is 3. The number of aromatic nitrogens is 1. The van der Waals surface area contributed by atoms with Crippen molar-refractivity contribution in [3.05, 3.63) is 78.4 Å². The molecule has 0 atom stereocenters. The van der Waals surface area contributed by atoms with Crippen LogP contribution in [0.3, 0.4) is 0 Å². The van der Waals surface area contributed by atoms with E-state index in [9.17, 15) is 4.79 Å². The molecule has 0 spiro atoms. The quantitative estimate of drug-likeness (QED) is 0.205. The normalized spacial score (nSPS) is 11.1. The number of unbranched alkanes of at least 4 members (excludes halogenated alkanes) is 4. The van der Waals surface area contributed by atoms with Crippen LogP contribution in [-0.2, 0) is 16.2 Å². The molecule has 32 heavy (non-hydrogen) atoms. The van der Waals surface area contributed by atoms with E-state index in [4.69, 9.17) is 9.57 Å². The summed E-state index contributed by atoms with van der Waals surface area (Å²) in [5.41, 5.74) is 5.80. The van der Waals surface area contributed by atoms with Gasteiger partial charge < -0.3 is 9.72 Å². The Balaban J connectivity index is 1.09. The number of hydroxylamine groups is 1. The molecule has 4 aromatic rings. The number of amides is 1. The van der Waals surface area contributed by atoms with Crippen molar-refractivity contribution < 1.29 is 14.4 Å². The minimum absolute atomic E-state index is 0.0592. The smallest absolute Gasteiger partial charge is 0.243 e. The van der Waals surface area contributed by atoms with E-state index in [-0.39, 0.29) is 5.91 Å². The second-order valence-electron chi connectivity index (χ2n) is 8.02. The minimum Gasteiger partial charge on any atom is -0.493 e. The Morgan fingerprint density at radius 3 is 2.44 bits per heavy atom. The van der Waals surface area contributed by atoms with Gasteiger partial charge in [-0.3, -0.25) is 9.63 Å². The number of rotatable bonds is 12. The van der Waals surface area contributed by atoms with Crippen molar-refractivity contribution in [2.45, 2.75) is 45.1 Å². The van der Waals surface area contributed by atoms with Crippen LogP contribution >= 0.6 is 0 Å². The van der Waals surface area contributed by atoms with Crippen LogP contribution in [0.1, 0.15) is 44.1 Å². The second-order valence-corrected chi connectivity index (χ2v) is 8.02. The molecule has 4 rings (SSSR count). The van der Waals surface area contributed by atoms with Crippen LogP contribution in [0.4, 0.5) is 0 Å². The summed E-state index contributed by atoms with van der Waals surface area (Å²) in [5, 5.41) is 2.35. The molecule has 166 valence electrons. The molecule has 0 aliphatic rings. The Bertz CT molecular complexity index is 1140. The van der Waals surface area contributed by atoms with E-state index >= 15 is 0 Å². The first-order chi connectivity index (χ1) is 15.8. The highest BCUT2D eigenvalue weighted by Gasteiger charge is 2.09. The Morgan fingerprint density at radius 2 is 1.53 bits per heavy atom. The highest BCUT2D eigenvalue weighted by atomic mass is 16.6. The Kier molecular flexibility index (Phi) is 7.77. The zero-order chi connectivity index (χ0) is 22.0. The van der Waals surface area contributed by atoms with Crippen LogP contribution in [0, 0.1) is 0 Å². The molecular weight excluding hydrogens is 400 g/mol. The third-order valence-electron chi connectivity index (χ3n) is 5.57. The summed E-state index contributed by atoms with van der Waals surface area (Å²) in [4.78, 5) is 20.6. The third kappa shape index (κ3) is 5.89. The van der Waals surface area contributed by atoms with Crippen molar-refractivity contribution in [1.29, 1.82) is 0 Å². The van der Waals surface area contributed by atoms with Crippen LogP contribution in [0.5, 0.6) is 5.75 Å². The summed E-state index contributed by atoms with van der Waals surface area (Å²) in [6.45, 7) is 1.09. The molecule has 0 fully saturated rings. The topological polar surface area (TPSA) is 63.4 Å². The van der Waals surface area contributed by atoms with Gasteiger partial charge in [0.05, 0.1) is 18.7 Å². The summed E-state index contributed by atoms with van der Waals surface area (Å²) in [7, 11) is 0. The van der Waals surface area contributed by atoms with Crippen molar-refractivity contribution in [1.82, 2.24) is 10.5 Å². The molecule has 1 aromatic heterocycles. The number of hydrogen-bond donors (Lipinski definition) is 2. The average molecular weight is 431 g/mol. The lowest BCUT2D eigenvalue weighted by molar-refractivity contribution is -0.134. The van der Waals surface area contributed by atoms with Gasteiger partial charge in [0.15, 0.2) is 0 Å². The van der Waals surface area contributed by atoms with Crippen molar-refractivity contribution in [3.63, 3.8) is 0 Å². The van der Waals surface area contributed by atoms with Crippen LogP contribution in [0.15, 0.2) is 72.8 Å². The number of aromatic amines is 1. The van der Waals surface area contributed by atoms with Crippen molar-refractivity contribution in [2.24, 2.45) is 0 Å². The van der Waals surface area contributed by atoms with Gasteiger partial charge >= 0.3 is 0 Å². The maximum absolute atomic E-state index is 11.8. The largest absolute Gasteiger partial charge is 0.493 e. The zero-order valence-corrected chi connectivity index (χ0v) is 18.3. The monoisotopic (exact) mass is 430 g/mol. The maximum atomic E-state index is 11.8. The molecule has 1 amide bonds. The number of nitrogens with one attached hydrogen (secondary N) is 2. The fourth-order valence-corrected chi connectivity index (χ4v) is 3.91. The molecule has 2 N–H and O–H groups in total. The van der Waals surface area contributed by atoms with Gasteiger partial charge in [0.1, 0.15) is 5.75 Å². The van der Waals surface area contributed by atoms with Crippen molar-refractivity contribution in [2.75, 3.05) is 6.61 Å². The van der Waals surface area contributed by atoms with Crippen molar-refractivity contribution in [3.8, 4) is 5.75 Å². The van der Waals surface area contributed by atoms with Gasteiger partial charge in [0.2, 0.25) is 5.91 Å². The molecule has 1 heterocycles. The van der Waals surface area contributed by atoms with E-state index in [1.807, 2.05) is 48.5 Å². The highest BCUT2D eigenvalue weighted by Crippen LogP contribution is 2.33. The van der Waals surface area contributed by atoms with Gasteiger partial charge in [-0.05, 0) is 36.6 Å². The number of carbonyl (C=O) groups is 1. The molecular formula is C27H30N2O3. The van der Waals surface area contributed by atoms with Gasteiger partial charge in [-0.1, -0.05) is 73.9 Å². The molecule has 0 saturated carbocycles. The summed E-state index contributed by atoms with van der Waals surface area (Å²) in [5.74, 6) is 0.878. The molecule has 0 saturated heterocycles. The molecule has 0 aliphatic heterocycles. The van der Waals surface area contributed by atoms with E-state index in [1.54, 1.807) is 0 Å². The molecule has 0 aliphatic carbocycles. The number of benzene rings is 3. The second kappa shape index (κ2) is 11.3. The average Bonchev–Trinajstić information content (AvgIpc) is 3.21. The predicted octanol–water partition coefficient (Wildman–Crippen LogP) is 6.29. The van der Waals surface area contributed by atoms with Crippen LogP contribution in [-0.4, -0.2) is 17.5 Å². The number of para-hydroxylation sites is 1. The first-order valence-electron chi connectivity index (χ1n) is 11.4. The third-order valence-corrected chi connectivity index (χ3v) is 5.57. The fourth-order valence-electron chi connectivity index (χ4n) is 3.91. The predicted molar refractivity (Wildman–Crippen MR) is 128 cm³/mol. The van der Waals surface area contributed by atoms with Gasteiger partial charge in [-0.2, -0.15) is 0 Å². The molecule has 0 bridgehead atoms. The SMILES string of the molecule is O=C(CCCCCCCOc1cccc2[nH]c3ccccc3c12)NOCc1ccccc1. The lowest BCUT2D eigenvalue weighted by atomic mass is 10.1. The van der Waals surface area contributed by atoms with Crippen LogP contribution in [0.25, 0.3) is 21.8 Å². The lowest BCUT2D eigenvalue weighted by Crippen LogP contribution is -2.23. The van der Waals surface area contributed by atoms with Crippen molar-refractivity contribution >= 4 is 27.7 Å². The summed E-state index contributed by atoms with van der Waals surface area (Å²) in [6, 6.07) is 24.3. The number of ether oxygens (including phenoxy) is 1. The molecule has 0 radical (unpaired) electrons. The summed E-state index contributed by atoms with van der Waals surface area (Å²) >= 11 is 0. The Labute approximate surface area is 188 Å². The summed E-state index contributed by atoms with van der Waals surface area (Å²) in [6.07, 6.45) is 5.59. The minimum atomic E-state index is -0.0592. The molecule has 0 unspecified atom stereocenters. The number of H-pyrrole nitrogens is 1. The standard InChI is InChI=1S/C27H30N2O3/c30-26(29-32-20-21-12-5-4-6-13-21)18-7-2-1-3-10-19-31-25-17-11-16-24-27(25)22-14-8-9-15-23(22)28-24/h4-6,8-9,11-17,28H,1-3,7,10,18-20H2,(H,29,30). The van der Waals surface area contributed by atoms with E-state index in [1.165, 1.54) is 5.39 Å². The van der Waals surface area contributed by atoms with E-state index in [0.29, 0.717) is 19.6 Å². The maximum Gasteiger partial charge on any atom is 0.243 e. The van der Waals surface area contributed by atoms with E-state index < -0.39 is 0 Å². The fraction of sp³-hybridized carbons (Fsp3) is 0.296. The van der Waals surface area contributed by atoms with Crippen LogP contribution < -0.4 is 10.2 Å². The first-order valence-corrected chi connectivity index (χ1v) is 11.4. The van der Waals surface area contributed by atoms with Gasteiger partial charge in [-0.25, -0.2) is 5.48 Å². The van der Waals surface area contributed by atoms with Gasteiger partial charge in [-0.15, -0.1) is 0 Å². The molecule has 5 heteroatoms. The zero-order valence-electron chi connectivity index (χ0n) is 18.3. The highest BCUT2D eigenvalue weighted by molar-refractivity contribution is 6.10. The molecule has 5 nitrogen and oxygen atoms in total. The Hall–Kier alpha value is -3.31. The van der Waals surface area contributed by atoms with Gasteiger partial charge in [0.25, 0.3) is 0 Å². The van der Waals surface area contributed by atoms with Gasteiger partial charge in [0, 0.05) is 22.7 Å². The Morgan fingerprint density at radius 1 is 0.781 bits per heavy atom. The molecule has 3 aromatic carbocycles.